The van der Waals surface area contributed by atoms with Crippen molar-refractivity contribution in [3.63, 3.8) is 0 Å². The molecule has 2 aliphatic carbocycles. The van der Waals surface area contributed by atoms with Gasteiger partial charge in [0.1, 0.15) is 0 Å². The maximum atomic E-state index is 2.52. The molecule has 0 amide bonds. The highest BCUT2D eigenvalue weighted by molar-refractivity contribution is 6.11. The molecule has 0 N–H and O–H groups in total. The Labute approximate surface area is 466 Å². The first-order valence-corrected chi connectivity index (χ1v) is 27.8. The van der Waals surface area contributed by atoms with E-state index in [-0.39, 0.29) is 0 Å². The predicted molar refractivity (Wildman–Crippen MR) is 333 cm³/mol. The highest BCUT2D eigenvalue weighted by atomic mass is 15.1. The van der Waals surface area contributed by atoms with E-state index in [1.54, 1.807) is 0 Å². The standard InChI is InChI=1S/C78H52N2/c1-5-26-55(27-6-1)77(56-28-7-2-8-29-56)69-39-19-15-36-63(69)65-48-45-59(51-71(65)77)79(74-43-23-25-53-24-13-14-34-61(53)74)73-41-21-17-35-62(73)54-44-47-68-67-38-18-22-42-75(67)80(76(68)50-54)60-46-49-66-64-37-16-20-40-70(64)78(72(66)52-60,57-30-9-3-10-31-57)58-32-11-4-12-33-58/h1-52H. The Bertz CT molecular complexity index is 4620. The van der Waals surface area contributed by atoms with E-state index in [1.807, 2.05) is 0 Å². The van der Waals surface area contributed by atoms with Crippen LogP contribution in [0.5, 0.6) is 0 Å². The van der Waals surface area contributed by atoms with Crippen molar-refractivity contribution in [2.75, 3.05) is 4.90 Å². The number of aromatic nitrogens is 1. The molecule has 2 heteroatoms. The molecule has 2 nitrogen and oxygen atoms in total. The van der Waals surface area contributed by atoms with Crippen LogP contribution in [0.15, 0.2) is 315 Å². The number of hydrogen-bond donors (Lipinski definition) is 0. The molecule has 0 spiro atoms. The summed E-state index contributed by atoms with van der Waals surface area (Å²) in [6.45, 7) is 0. The minimum atomic E-state index is -0.560. The molecule has 13 aromatic carbocycles. The first-order chi connectivity index (χ1) is 39.7. The molecule has 2 aliphatic rings. The van der Waals surface area contributed by atoms with Crippen molar-refractivity contribution in [3.05, 3.63) is 360 Å². The normalized spacial score (nSPS) is 13.4. The van der Waals surface area contributed by atoms with Gasteiger partial charge in [-0.15, -0.1) is 0 Å². The molecule has 0 aliphatic heterocycles. The van der Waals surface area contributed by atoms with E-state index in [0.29, 0.717) is 0 Å². The third kappa shape index (κ3) is 6.60. The lowest BCUT2D eigenvalue weighted by Crippen LogP contribution is -2.28. The molecule has 0 unspecified atom stereocenters. The van der Waals surface area contributed by atoms with Gasteiger partial charge in [0.2, 0.25) is 0 Å². The number of benzene rings is 13. The van der Waals surface area contributed by atoms with E-state index in [2.05, 4.69) is 325 Å². The number of hydrogen-bond acceptors (Lipinski definition) is 1. The lowest BCUT2D eigenvalue weighted by molar-refractivity contribution is 0.767. The van der Waals surface area contributed by atoms with Crippen LogP contribution in [0, 0.1) is 0 Å². The Morgan fingerprint density at radius 1 is 0.263 bits per heavy atom. The molecule has 1 heterocycles. The molecule has 14 aromatic rings. The van der Waals surface area contributed by atoms with Gasteiger partial charge in [-0.1, -0.05) is 267 Å². The van der Waals surface area contributed by atoms with Crippen LogP contribution in [0.1, 0.15) is 44.5 Å². The van der Waals surface area contributed by atoms with Crippen molar-refractivity contribution in [1.82, 2.24) is 4.57 Å². The van der Waals surface area contributed by atoms with E-state index < -0.39 is 10.8 Å². The smallest absolute Gasteiger partial charge is 0.0714 e. The minimum absolute atomic E-state index is 0.527. The van der Waals surface area contributed by atoms with Gasteiger partial charge in [0, 0.05) is 33.1 Å². The zero-order chi connectivity index (χ0) is 52.8. The average Bonchev–Trinajstić information content (AvgIpc) is 4.33. The second kappa shape index (κ2) is 18.2. The Morgan fingerprint density at radius 3 is 1.34 bits per heavy atom. The van der Waals surface area contributed by atoms with E-state index in [4.69, 9.17) is 0 Å². The highest BCUT2D eigenvalue weighted by Crippen LogP contribution is 2.59. The fraction of sp³-hybridized carbons (Fsp3) is 0.0256. The number of fused-ring (bicyclic) bond motifs is 10. The molecule has 0 fully saturated rings. The highest BCUT2D eigenvalue weighted by Gasteiger charge is 2.48. The van der Waals surface area contributed by atoms with Crippen LogP contribution in [0.25, 0.3) is 71.6 Å². The van der Waals surface area contributed by atoms with Crippen LogP contribution >= 0.6 is 0 Å². The number of rotatable bonds is 9. The Hall–Kier alpha value is -10.3. The van der Waals surface area contributed by atoms with Crippen molar-refractivity contribution in [1.29, 1.82) is 0 Å². The van der Waals surface area contributed by atoms with Gasteiger partial charge in [-0.05, 0) is 126 Å². The van der Waals surface area contributed by atoms with E-state index in [0.717, 1.165) is 39.4 Å². The summed E-state index contributed by atoms with van der Waals surface area (Å²) in [4.78, 5) is 2.52. The maximum Gasteiger partial charge on any atom is 0.0714 e. The SMILES string of the molecule is c1ccc(C2(c3ccccc3)c3ccccc3-c3ccc(N(c4ccccc4-c4ccc5c6ccccc6n(-c6ccc7c(c6)C(c6ccccc6)(c6ccccc6)c6ccccc6-7)c5c4)c4cccc5ccccc45)cc32)cc1. The first kappa shape index (κ1) is 45.9. The number of anilines is 3. The molecule has 0 saturated carbocycles. The van der Waals surface area contributed by atoms with Gasteiger partial charge >= 0.3 is 0 Å². The minimum Gasteiger partial charge on any atom is -0.309 e. The van der Waals surface area contributed by atoms with Gasteiger partial charge in [-0.25, -0.2) is 0 Å². The molecule has 0 radical (unpaired) electrons. The van der Waals surface area contributed by atoms with Crippen molar-refractivity contribution < 1.29 is 0 Å². The Kier molecular flexibility index (Phi) is 10.4. The van der Waals surface area contributed by atoms with Crippen LogP contribution in [0.4, 0.5) is 17.1 Å². The summed E-state index contributed by atoms with van der Waals surface area (Å²) >= 11 is 0. The van der Waals surface area contributed by atoms with Crippen LogP contribution in [0.3, 0.4) is 0 Å². The molecule has 0 saturated heterocycles. The Balaban J connectivity index is 0.926. The summed E-state index contributed by atoms with van der Waals surface area (Å²) < 4.78 is 2.51. The summed E-state index contributed by atoms with van der Waals surface area (Å²) in [5, 5.41) is 4.81. The lowest BCUT2D eigenvalue weighted by Gasteiger charge is -2.35. The first-order valence-electron chi connectivity index (χ1n) is 27.8. The topological polar surface area (TPSA) is 8.17 Å². The molecule has 374 valence electrons. The molecule has 80 heavy (non-hydrogen) atoms. The molecular formula is C78H52N2. The molecular weight excluding hydrogens is 965 g/mol. The van der Waals surface area contributed by atoms with Crippen molar-refractivity contribution in [2.45, 2.75) is 10.8 Å². The van der Waals surface area contributed by atoms with Crippen LogP contribution in [-0.4, -0.2) is 4.57 Å². The van der Waals surface area contributed by atoms with Gasteiger partial charge in [-0.2, -0.15) is 0 Å². The molecule has 16 rings (SSSR count). The molecule has 0 atom stereocenters. The molecule has 1 aromatic heterocycles. The quantitative estimate of drug-likeness (QED) is 0.140. The van der Waals surface area contributed by atoms with Gasteiger partial charge in [0.25, 0.3) is 0 Å². The van der Waals surface area contributed by atoms with Gasteiger partial charge in [-0.3, -0.25) is 0 Å². The third-order valence-corrected chi connectivity index (χ3v) is 17.5. The zero-order valence-electron chi connectivity index (χ0n) is 43.9. The fourth-order valence-electron chi connectivity index (χ4n) is 14.3. The third-order valence-electron chi connectivity index (χ3n) is 17.5. The number of para-hydroxylation sites is 2. The van der Waals surface area contributed by atoms with Gasteiger partial charge < -0.3 is 9.47 Å². The fourth-order valence-corrected chi connectivity index (χ4v) is 14.3. The van der Waals surface area contributed by atoms with Gasteiger partial charge in [0.05, 0.1) is 33.2 Å². The second-order valence-corrected chi connectivity index (χ2v) is 21.5. The van der Waals surface area contributed by atoms with Crippen LogP contribution < -0.4 is 4.90 Å². The van der Waals surface area contributed by atoms with E-state index in [9.17, 15) is 0 Å². The zero-order valence-corrected chi connectivity index (χ0v) is 43.9. The summed E-state index contributed by atoms with van der Waals surface area (Å²) in [5.41, 5.74) is 23.1. The summed E-state index contributed by atoms with van der Waals surface area (Å²) in [7, 11) is 0. The molecule has 0 bridgehead atoms. The number of nitrogens with zero attached hydrogens (tertiary/aromatic N) is 2. The summed E-state index contributed by atoms with van der Waals surface area (Å²) in [6, 6.07) is 118. The second-order valence-electron chi connectivity index (χ2n) is 21.5. The van der Waals surface area contributed by atoms with E-state index in [1.165, 1.54) is 93.8 Å². The van der Waals surface area contributed by atoms with Crippen molar-refractivity contribution in [2.24, 2.45) is 0 Å². The predicted octanol–water partition coefficient (Wildman–Crippen LogP) is 19.8. The Morgan fingerprint density at radius 2 is 0.713 bits per heavy atom. The largest absolute Gasteiger partial charge is 0.309 e. The van der Waals surface area contributed by atoms with Crippen molar-refractivity contribution in [3.8, 4) is 39.1 Å². The van der Waals surface area contributed by atoms with Gasteiger partial charge in [0.15, 0.2) is 0 Å². The lowest BCUT2D eigenvalue weighted by atomic mass is 9.67. The average molecular weight is 1020 g/mol. The van der Waals surface area contributed by atoms with Crippen molar-refractivity contribution >= 4 is 49.6 Å². The monoisotopic (exact) mass is 1020 g/mol. The van der Waals surface area contributed by atoms with E-state index >= 15 is 0 Å². The summed E-state index contributed by atoms with van der Waals surface area (Å²) in [6.07, 6.45) is 0. The van der Waals surface area contributed by atoms with Crippen LogP contribution in [-0.2, 0) is 10.8 Å². The summed E-state index contributed by atoms with van der Waals surface area (Å²) in [5.74, 6) is 0. The maximum absolute atomic E-state index is 2.52. The van der Waals surface area contributed by atoms with Crippen LogP contribution in [0.2, 0.25) is 0 Å².